The summed E-state index contributed by atoms with van der Waals surface area (Å²) < 4.78 is 5.58. The van der Waals surface area contributed by atoms with Crippen LogP contribution in [0.3, 0.4) is 0 Å². The van der Waals surface area contributed by atoms with Crippen molar-refractivity contribution in [3.05, 3.63) is 29.8 Å². The number of rotatable bonds is 7. The van der Waals surface area contributed by atoms with E-state index in [-0.39, 0.29) is 5.56 Å². The van der Waals surface area contributed by atoms with Gasteiger partial charge in [-0.05, 0) is 37.6 Å². The summed E-state index contributed by atoms with van der Waals surface area (Å²) in [4.78, 5) is 10.7. The van der Waals surface area contributed by atoms with Gasteiger partial charge in [0.15, 0.2) is 0 Å². The maximum absolute atomic E-state index is 10.7. The highest BCUT2D eigenvalue weighted by atomic mass is 16.5. The van der Waals surface area contributed by atoms with Crippen molar-refractivity contribution < 1.29 is 14.6 Å². The molecular formula is C15H19NO3. The van der Waals surface area contributed by atoms with Gasteiger partial charge in [0.1, 0.15) is 12.4 Å². The topological polar surface area (TPSA) is 70.3 Å². The molecular weight excluding hydrogens is 242 g/mol. The Kier molecular flexibility index (Phi) is 5.37. The predicted octanol–water partition coefficient (Wildman–Crippen LogP) is 3.48. The summed E-state index contributed by atoms with van der Waals surface area (Å²) in [6.07, 6.45) is 2.84. The molecule has 1 aromatic rings. The Morgan fingerprint density at radius 1 is 1.42 bits per heavy atom. The minimum Gasteiger partial charge on any atom is -0.492 e. The highest BCUT2D eigenvalue weighted by Crippen LogP contribution is 2.25. The van der Waals surface area contributed by atoms with Gasteiger partial charge >= 0.3 is 5.97 Å². The van der Waals surface area contributed by atoms with E-state index >= 15 is 0 Å². The molecule has 1 unspecified atom stereocenters. The molecule has 4 heteroatoms. The smallest absolute Gasteiger partial charge is 0.335 e. The zero-order valence-corrected chi connectivity index (χ0v) is 11.3. The van der Waals surface area contributed by atoms with E-state index in [0.717, 1.165) is 19.3 Å². The summed E-state index contributed by atoms with van der Waals surface area (Å²) in [7, 11) is 0. The van der Waals surface area contributed by atoms with Gasteiger partial charge in [-0.15, -0.1) is 0 Å². The SMILES string of the molecule is CCCCC(C)(C#N)COc1ccc(C(=O)O)cc1. The second kappa shape index (κ2) is 6.79. The second-order valence-corrected chi connectivity index (χ2v) is 4.89. The summed E-state index contributed by atoms with van der Waals surface area (Å²) in [5.74, 6) is -0.376. The lowest BCUT2D eigenvalue weighted by atomic mass is 9.87. The van der Waals surface area contributed by atoms with Gasteiger partial charge in [-0.3, -0.25) is 0 Å². The number of hydrogen-bond acceptors (Lipinski definition) is 3. The molecule has 19 heavy (non-hydrogen) atoms. The molecule has 0 amide bonds. The third-order valence-electron chi connectivity index (χ3n) is 3.01. The van der Waals surface area contributed by atoms with Crippen LogP contribution >= 0.6 is 0 Å². The van der Waals surface area contributed by atoms with Gasteiger partial charge in [0.2, 0.25) is 0 Å². The van der Waals surface area contributed by atoms with E-state index in [1.807, 2.05) is 6.92 Å². The van der Waals surface area contributed by atoms with Gasteiger partial charge in [0.05, 0.1) is 17.0 Å². The first-order valence-electron chi connectivity index (χ1n) is 6.38. The van der Waals surface area contributed by atoms with Gasteiger partial charge in [0.25, 0.3) is 0 Å². The number of carboxylic acids is 1. The third-order valence-corrected chi connectivity index (χ3v) is 3.01. The van der Waals surface area contributed by atoms with Crippen molar-refractivity contribution in [2.75, 3.05) is 6.61 Å². The van der Waals surface area contributed by atoms with E-state index in [1.54, 1.807) is 12.1 Å². The number of ether oxygens (including phenoxy) is 1. The molecule has 102 valence electrons. The van der Waals surface area contributed by atoms with E-state index in [2.05, 4.69) is 13.0 Å². The van der Waals surface area contributed by atoms with Gasteiger partial charge < -0.3 is 9.84 Å². The van der Waals surface area contributed by atoms with Crippen LogP contribution in [0.15, 0.2) is 24.3 Å². The zero-order valence-electron chi connectivity index (χ0n) is 11.3. The van der Waals surface area contributed by atoms with Crippen molar-refractivity contribution in [1.29, 1.82) is 5.26 Å². The molecule has 0 fully saturated rings. The maximum Gasteiger partial charge on any atom is 0.335 e. The molecule has 4 nitrogen and oxygen atoms in total. The Morgan fingerprint density at radius 3 is 2.53 bits per heavy atom. The molecule has 1 atom stereocenters. The van der Waals surface area contributed by atoms with Crippen LogP contribution in [0.2, 0.25) is 0 Å². The molecule has 0 aliphatic carbocycles. The molecule has 0 saturated carbocycles. The Bertz CT molecular complexity index is 461. The number of carbonyl (C=O) groups is 1. The first-order valence-corrected chi connectivity index (χ1v) is 6.38. The number of carboxylic acid groups (broad SMARTS) is 1. The Labute approximate surface area is 113 Å². The van der Waals surface area contributed by atoms with E-state index in [1.165, 1.54) is 12.1 Å². The summed E-state index contributed by atoms with van der Waals surface area (Å²) in [5.41, 5.74) is -0.275. The molecule has 0 heterocycles. The number of hydrogen-bond donors (Lipinski definition) is 1. The van der Waals surface area contributed by atoms with Gasteiger partial charge in [-0.2, -0.15) is 5.26 Å². The Balaban J connectivity index is 2.60. The monoisotopic (exact) mass is 261 g/mol. The van der Waals surface area contributed by atoms with Crippen LogP contribution in [0, 0.1) is 16.7 Å². The molecule has 1 aromatic carbocycles. The van der Waals surface area contributed by atoms with Crippen molar-refractivity contribution in [3.8, 4) is 11.8 Å². The van der Waals surface area contributed by atoms with Crippen LogP contribution in [0.25, 0.3) is 0 Å². The van der Waals surface area contributed by atoms with Gasteiger partial charge in [-0.1, -0.05) is 19.8 Å². The lowest BCUT2D eigenvalue weighted by Gasteiger charge is -2.21. The average molecular weight is 261 g/mol. The standard InChI is InChI=1S/C15H19NO3/c1-3-4-9-15(2,10-16)11-19-13-7-5-12(6-8-13)14(17)18/h5-8H,3-4,9,11H2,1-2H3,(H,17,18). The maximum atomic E-state index is 10.7. The van der Waals surface area contributed by atoms with Crippen molar-refractivity contribution in [2.45, 2.75) is 33.1 Å². The summed E-state index contributed by atoms with van der Waals surface area (Å²) in [5, 5.41) is 18.0. The highest BCUT2D eigenvalue weighted by molar-refractivity contribution is 5.87. The Morgan fingerprint density at radius 2 is 2.05 bits per heavy atom. The molecule has 0 aliphatic heterocycles. The number of aromatic carboxylic acids is 1. The number of nitrogens with zero attached hydrogens (tertiary/aromatic N) is 1. The Hall–Kier alpha value is -2.02. The molecule has 0 spiro atoms. The minimum absolute atomic E-state index is 0.223. The van der Waals surface area contributed by atoms with Crippen LogP contribution in [0.4, 0.5) is 0 Å². The summed E-state index contributed by atoms with van der Waals surface area (Å²) in [6.45, 7) is 4.29. The van der Waals surface area contributed by atoms with Crippen molar-refractivity contribution in [2.24, 2.45) is 5.41 Å². The number of nitriles is 1. The fourth-order valence-electron chi connectivity index (χ4n) is 1.66. The van der Waals surface area contributed by atoms with Crippen LogP contribution in [-0.4, -0.2) is 17.7 Å². The quantitative estimate of drug-likeness (QED) is 0.815. The molecule has 0 saturated heterocycles. The highest BCUT2D eigenvalue weighted by Gasteiger charge is 2.24. The van der Waals surface area contributed by atoms with E-state index in [0.29, 0.717) is 12.4 Å². The number of unbranched alkanes of at least 4 members (excludes halogenated alkanes) is 1. The lowest BCUT2D eigenvalue weighted by molar-refractivity contribution is 0.0697. The van der Waals surface area contributed by atoms with Crippen LogP contribution in [0.1, 0.15) is 43.5 Å². The van der Waals surface area contributed by atoms with E-state index in [4.69, 9.17) is 9.84 Å². The molecule has 0 radical (unpaired) electrons. The largest absolute Gasteiger partial charge is 0.492 e. The van der Waals surface area contributed by atoms with Crippen LogP contribution in [-0.2, 0) is 0 Å². The minimum atomic E-state index is -0.962. The fourth-order valence-corrected chi connectivity index (χ4v) is 1.66. The zero-order chi connectivity index (χ0) is 14.3. The molecule has 0 aliphatic rings. The molecule has 1 N–H and O–H groups in total. The third kappa shape index (κ3) is 4.63. The first-order chi connectivity index (χ1) is 9.00. The summed E-state index contributed by atoms with van der Waals surface area (Å²) in [6, 6.07) is 8.51. The van der Waals surface area contributed by atoms with Crippen LogP contribution < -0.4 is 4.74 Å². The molecule has 0 bridgehead atoms. The normalized spacial score (nSPS) is 13.3. The fraction of sp³-hybridized carbons (Fsp3) is 0.467. The van der Waals surface area contributed by atoms with Crippen molar-refractivity contribution in [1.82, 2.24) is 0 Å². The van der Waals surface area contributed by atoms with Crippen LogP contribution in [0.5, 0.6) is 5.75 Å². The summed E-state index contributed by atoms with van der Waals surface area (Å²) >= 11 is 0. The van der Waals surface area contributed by atoms with E-state index in [9.17, 15) is 10.1 Å². The number of benzene rings is 1. The lowest BCUT2D eigenvalue weighted by Crippen LogP contribution is -2.23. The second-order valence-electron chi connectivity index (χ2n) is 4.89. The van der Waals surface area contributed by atoms with Gasteiger partial charge in [0, 0.05) is 0 Å². The van der Waals surface area contributed by atoms with Gasteiger partial charge in [-0.25, -0.2) is 4.79 Å². The predicted molar refractivity (Wildman–Crippen MR) is 72.1 cm³/mol. The molecule has 0 aromatic heterocycles. The molecule has 1 rings (SSSR count). The van der Waals surface area contributed by atoms with Crippen molar-refractivity contribution in [3.63, 3.8) is 0 Å². The van der Waals surface area contributed by atoms with Crippen molar-refractivity contribution >= 4 is 5.97 Å². The van der Waals surface area contributed by atoms with E-state index < -0.39 is 11.4 Å². The average Bonchev–Trinajstić information content (AvgIpc) is 2.43. The first kappa shape index (κ1) is 15.0.